The molecule has 1 aliphatic heterocycles. The Morgan fingerprint density at radius 2 is 1.87 bits per heavy atom. The summed E-state index contributed by atoms with van der Waals surface area (Å²) in [6.07, 6.45) is 1.53. The summed E-state index contributed by atoms with van der Waals surface area (Å²) in [5, 5.41) is 11.3. The summed E-state index contributed by atoms with van der Waals surface area (Å²) in [5.41, 5.74) is 0.506. The van der Waals surface area contributed by atoms with Crippen LogP contribution in [0.2, 0.25) is 0 Å². The first-order valence-corrected chi connectivity index (χ1v) is 10.8. The quantitative estimate of drug-likeness (QED) is 0.615. The fourth-order valence-corrected chi connectivity index (χ4v) is 4.35. The van der Waals surface area contributed by atoms with Crippen molar-refractivity contribution in [3.05, 3.63) is 65.1 Å². The molecule has 1 aliphatic carbocycles. The molecule has 3 aromatic rings. The molecule has 1 saturated heterocycles. The fourth-order valence-electron chi connectivity index (χ4n) is 4.35. The molecule has 2 fully saturated rings. The SMILES string of the molecule is FC(F)(F)c1c(CN[C@@H]2CCO[C@@H](c3ccccc3)C2)ccn2c(CC3CC3)nnc12. The van der Waals surface area contributed by atoms with Crippen LogP contribution >= 0.6 is 0 Å². The minimum atomic E-state index is -4.49. The molecule has 0 radical (unpaired) electrons. The van der Waals surface area contributed by atoms with Gasteiger partial charge in [0.2, 0.25) is 0 Å². The summed E-state index contributed by atoms with van der Waals surface area (Å²) in [6, 6.07) is 11.6. The molecule has 1 saturated carbocycles. The third-order valence-electron chi connectivity index (χ3n) is 6.22. The lowest BCUT2D eigenvalue weighted by Gasteiger charge is -2.31. The van der Waals surface area contributed by atoms with E-state index in [0.29, 0.717) is 24.8 Å². The monoisotopic (exact) mass is 430 g/mol. The van der Waals surface area contributed by atoms with Crippen molar-refractivity contribution in [1.29, 1.82) is 0 Å². The zero-order valence-corrected chi connectivity index (χ0v) is 17.1. The lowest BCUT2D eigenvalue weighted by molar-refractivity contribution is -0.137. The average molecular weight is 430 g/mol. The molecule has 3 heterocycles. The molecule has 0 amide bonds. The molecule has 1 N–H and O–H groups in total. The number of fused-ring (bicyclic) bond motifs is 1. The zero-order valence-electron chi connectivity index (χ0n) is 17.1. The van der Waals surface area contributed by atoms with Crippen LogP contribution in [0.5, 0.6) is 0 Å². The van der Waals surface area contributed by atoms with Crippen molar-refractivity contribution in [2.45, 2.75) is 57.0 Å². The van der Waals surface area contributed by atoms with Gasteiger partial charge in [-0.2, -0.15) is 13.2 Å². The van der Waals surface area contributed by atoms with Crippen molar-refractivity contribution in [3.63, 3.8) is 0 Å². The number of nitrogens with one attached hydrogen (secondary N) is 1. The number of nitrogens with zero attached hydrogens (tertiary/aromatic N) is 3. The number of hydrogen-bond acceptors (Lipinski definition) is 4. The van der Waals surface area contributed by atoms with Crippen LogP contribution < -0.4 is 5.32 Å². The number of alkyl halides is 3. The fraction of sp³-hybridized carbons (Fsp3) is 0.478. The summed E-state index contributed by atoms with van der Waals surface area (Å²) in [7, 11) is 0. The highest BCUT2D eigenvalue weighted by atomic mass is 19.4. The molecule has 2 aliphatic rings. The normalized spacial score (nSPS) is 22.2. The Morgan fingerprint density at radius 1 is 1.06 bits per heavy atom. The Balaban J connectivity index is 1.35. The van der Waals surface area contributed by atoms with Crippen LogP contribution in [0.25, 0.3) is 5.65 Å². The van der Waals surface area contributed by atoms with Crippen molar-refractivity contribution in [1.82, 2.24) is 19.9 Å². The summed E-state index contributed by atoms with van der Waals surface area (Å²) in [4.78, 5) is 0. The summed E-state index contributed by atoms with van der Waals surface area (Å²) in [5.74, 6) is 1.13. The maximum Gasteiger partial charge on any atom is 0.420 e. The van der Waals surface area contributed by atoms with E-state index < -0.39 is 11.7 Å². The first-order chi connectivity index (χ1) is 15.0. The van der Waals surface area contributed by atoms with Crippen LogP contribution in [-0.4, -0.2) is 27.2 Å². The second kappa shape index (κ2) is 8.24. The van der Waals surface area contributed by atoms with Crippen LogP contribution in [0, 0.1) is 5.92 Å². The van der Waals surface area contributed by atoms with Crippen LogP contribution in [0.1, 0.15) is 54.3 Å². The number of aromatic nitrogens is 3. The predicted octanol–water partition coefficient (Wildman–Crippen LogP) is 4.71. The van der Waals surface area contributed by atoms with Gasteiger partial charge in [0.15, 0.2) is 5.65 Å². The van der Waals surface area contributed by atoms with Gasteiger partial charge in [-0.15, -0.1) is 10.2 Å². The molecule has 2 atom stereocenters. The summed E-state index contributed by atoms with van der Waals surface area (Å²) in [6.45, 7) is 0.708. The lowest BCUT2D eigenvalue weighted by Crippen LogP contribution is -2.36. The average Bonchev–Trinajstić information content (AvgIpc) is 3.50. The number of halogens is 3. The lowest BCUT2D eigenvalue weighted by atomic mass is 9.97. The van der Waals surface area contributed by atoms with Gasteiger partial charge in [-0.3, -0.25) is 4.40 Å². The van der Waals surface area contributed by atoms with Gasteiger partial charge in [0.1, 0.15) is 11.4 Å². The minimum absolute atomic E-state index is 0.0431. The van der Waals surface area contributed by atoms with Gasteiger partial charge in [0.25, 0.3) is 0 Å². The number of rotatable bonds is 6. The van der Waals surface area contributed by atoms with Crippen molar-refractivity contribution in [2.75, 3.05) is 6.61 Å². The molecule has 8 heteroatoms. The van der Waals surface area contributed by atoms with Gasteiger partial charge in [0.05, 0.1) is 6.10 Å². The van der Waals surface area contributed by atoms with E-state index in [1.165, 1.54) is 4.40 Å². The molecule has 31 heavy (non-hydrogen) atoms. The van der Waals surface area contributed by atoms with Gasteiger partial charge in [-0.1, -0.05) is 30.3 Å². The highest BCUT2D eigenvalue weighted by molar-refractivity contribution is 5.53. The van der Waals surface area contributed by atoms with Crippen LogP contribution in [0.4, 0.5) is 13.2 Å². The van der Waals surface area contributed by atoms with Gasteiger partial charge in [-0.05, 0) is 48.8 Å². The van der Waals surface area contributed by atoms with Gasteiger partial charge in [0, 0.05) is 31.8 Å². The minimum Gasteiger partial charge on any atom is -0.373 e. The van der Waals surface area contributed by atoms with Gasteiger partial charge < -0.3 is 10.1 Å². The van der Waals surface area contributed by atoms with E-state index >= 15 is 0 Å². The summed E-state index contributed by atoms with van der Waals surface area (Å²) >= 11 is 0. The third-order valence-corrected chi connectivity index (χ3v) is 6.22. The van der Waals surface area contributed by atoms with Crippen molar-refractivity contribution >= 4 is 5.65 Å². The second-order valence-electron chi connectivity index (χ2n) is 8.54. The van der Waals surface area contributed by atoms with E-state index in [-0.39, 0.29) is 29.9 Å². The Morgan fingerprint density at radius 3 is 2.61 bits per heavy atom. The van der Waals surface area contributed by atoms with Gasteiger partial charge >= 0.3 is 6.18 Å². The number of ether oxygens (including phenoxy) is 1. The van der Waals surface area contributed by atoms with E-state index in [1.807, 2.05) is 30.3 Å². The second-order valence-corrected chi connectivity index (χ2v) is 8.54. The molecule has 5 nitrogen and oxygen atoms in total. The Kier molecular flexibility index (Phi) is 5.44. The molecular formula is C23H25F3N4O. The van der Waals surface area contributed by atoms with Crippen LogP contribution in [-0.2, 0) is 23.9 Å². The number of benzene rings is 1. The van der Waals surface area contributed by atoms with Crippen molar-refractivity contribution in [2.24, 2.45) is 5.92 Å². The number of pyridine rings is 1. The van der Waals surface area contributed by atoms with E-state index in [9.17, 15) is 13.2 Å². The van der Waals surface area contributed by atoms with E-state index in [0.717, 1.165) is 31.2 Å². The largest absolute Gasteiger partial charge is 0.420 e. The third kappa shape index (κ3) is 4.45. The van der Waals surface area contributed by atoms with Crippen molar-refractivity contribution in [3.8, 4) is 0 Å². The highest BCUT2D eigenvalue weighted by Gasteiger charge is 2.38. The molecule has 0 spiro atoms. The molecule has 164 valence electrons. The standard InChI is InChI=1S/C23H25F3N4O/c24-23(25,26)21-17(8-10-30-20(12-15-6-7-15)28-29-22(21)30)14-27-18-9-11-31-19(13-18)16-4-2-1-3-5-16/h1-5,8,10,15,18-19,27H,6-7,9,11-14H2/t18-,19-/m1/s1. The maximum atomic E-state index is 14.0. The first kappa shape index (κ1) is 20.5. The topological polar surface area (TPSA) is 51.5 Å². The van der Waals surface area contributed by atoms with E-state index in [1.54, 1.807) is 12.3 Å². The molecule has 2 aromatic heterocycles. The smallest absolute Gasteiger partial charge is 0.373 e. The van der Waals surface area contributed by atoms with Crippen LogP contribution in [0.3, 0.4) is 0 Å². The van der Waals surface area contributed by atoms with Gasteiger partial charge in [-0.25, -0.2) is 0 Å². The molecule has 1 aromatic carbocycles. The van der Waals surface area contributed by atoms with Crippen molar-refractivity contribution < 1.29 is 17.9 Å². The Bertz CT molecular complexity index is 1050. The molecule has 5 rings (SSSR count). The van der Waals surface area contributed by atoms with E-state index in [2.05, 4.69) is 15.5 Å². The van der Waals surface area contributed by atoms with Crippen LogP contribution in [0.15, 0.2) is 42.6 Å². The molecule has 0 bridgehead atoms. The zero-order chi connectivity index (χ0) is 21.4. The first-order valence-electron chi connectivity index (χ1n) is 10.8. The molecule has 0 unspecified atom stereocenters. The predicted molar refractivity (Wildman–Crippen MR) is 109 cm³/mol. The number of hydrogen-bond donors (Lipinski definition) is 1. The Labute approximate surface area is 178 Å². The molecular weight excluding hydrogens is 405 g/mol. The maximum absolute atomic E-state index is 14.0. The summed E-state index contributed by atoms with van der Waals surface area (Å²) < 4.78 is 49.3. The Hall–Kier alpha value is -2.45. The highest BCUT2D eigenvalue weighted by Crippen LogP contribution is 2.37. The van der Waals surface area contributed by atoms with E-state index in [4.69, 9.17) is 4.74 Å².